The maximum atomic E-state index is 13.8. The van der Waals surface area contributed by atoms with Crippen LogP contribution in [0.2, 0.25) is 5.02 Å². The molecule has 0 radical (unpaired) electrons. The van der Waals surface area contributed by atoms with E-state index >= 15 is 0 Å². The molecule has 0 spiro atoms. The number of amides is 1. The summed E-state index contributed by atoms with van der Waals surface area (Å²) >= 11 is 8.03. The molecule has 0 bridgehead atoms. The summed E-state index contributed by atoms with van der Waals surface area (Å²) in [4.78, 5) is 25.2. The third-order valence-corrected chi connectivity index (χ3v) is 7.74. The summed E-state index contributed by atoms with van der Waals surface area (Å²) in [5, 5.41) is 1.39. The van der Waals surface area contributed by atoms with Gasteiger partial charge in [0, 0.05) is 41.5 Å². The summed E-state index contributed by atoms with van der Waals surface area (Å²) in [5.74, 6) is 0.868. The molecule has 3 heterocycles. The van der Waals surface area contributed by atoms with Crippen molar-refractivity contribution < 1.29 is 9.53 Å². The molecule has 0 unspecified atom stereocenters. The molecule has 5 nitrogen and oxygen atoms in total. The van der Waals surface area contributed by atoms with Gasteiger partial charge in [0.1, 0.15) is 5.75 Å². The van der Waals surface area contributed by atoms with Crippen molar-refractivity contribution in [2.45, 2.75) is 13.3 Å². The number of aryl methyl sites for hydroxylation is 1. The zero-order chi connectivity index (χ0) is 23.7. The van der Waals surface area contributed by atoms with E-state index in [-0.39, 0.29) is 5.91 Å². The highest BCUT2D eigenvalue weighted by Crippen LogP contribution is 2.33. The molecular formula is C27H26ClN3O2S. The number of benzene rings is 2. The number of nitrogens with zero attached hydrogens (tertiary/aromatic N) is 3. The van der Waals surface area contributed by atoms with E-state index < -0.39 is 0 Å². The minimum absolute atomic E-state index is 0.0165. The lowest BCUT2D eigenvalue weighted by Gasteiger charge is -2.36. The van der Waals surface area contributed by atoms with Crippen LogP contribution in [0.15, 0.2) is 60.7 Å². The molecule has 1 saturated heterocycles. The number of carbonyl (C=O) groups excluding carboxylic acids is 1. The molecule has 4 aromatic rings. The molecule has 34 heavy (non-hydrogen) atoms. The maximum absolute atomic E-state index is 13.8. The third-order valence-electron chi connectivity index (χ3n) is 6.26. The number of pyridine rings is 1. The van der Waals surface area contributed by atoms with Gasteiger partial charge >= 0.3 is 0 Å². The van der Waals surface area contributed by atoms with Gasteiger partial charge in [-0.05, 0) is 55.0 Å². The number of fused-ring (bicyclic) bond motifs is 1. The quantitative estimate of drug-likeness (QED) is 0.336. The van der Waals surface area contributed by atoms with Crippen LogP contribution in [-0.2, 0) is 6.42 Å². The van der Waals surface area contributed by atoms with Crippen molar-refractivity contribution in [3.05, 3.63) is 76.1 Å². The predicted octanol–water partition coefficient (Wildman–Crippen LogP) is 6.15. The van der Waals surface area contributed by atoms with E-state index in [9.17, 15) is 4.79 Å². The van der Waals surface area contributed by atoms with Crippen LogP contribution < -0.4 is 9.64 Å². The van der Waals surface area contributed by atoms with E-state index in [1.165, 1.54) is 4.88 Å². The molecule has 0 N–H and O–H groups in total. The number of carbonyl (C=O) groups is 1. The van der Waals surface area contributed by atoms with Crippen LogP contribution >= 0.6 is 22.9 Å². The van der Waals surface area contributed by atoms with Gasteiger partial charge in [0.25, 0.3) is 5.91 Å². The number of ether oxygens (including phenoxy) is 1. The van der Waals surface area contributed by atoms with E-state index in [1.807, 2.05) is 47.4 Å². The van der Waals surface area contributed by atoms with Gasteiger partial charge in [-0.2, -0.15) is 0 Å². The van der Waals surface area contributed by atoms with Gasteiger partial charge in [0.2, 0.25) is 0 Å². The molecule has 7 heteroatoms. The highest BCUT2D eigenvalue weighted by atomic mass is 35.5. The molecule has 1 aliphatic rings. The summed E-state index contributed by atoms with van der Waals surface area (Å²) in [6.07, 6.45) is 0.982. The highest BCUT2D eigenvalue weighted by molar-refractivity contribution is 7.15. The molecule has 2 aromatic heterocycles. The first kappa shape index (κ1) is 22.7. The summed E-state index contributed by atoms with van der Waals surface area (Å²) in [5.41, 5.74) is 3.32. The SMILES string of the molecule is CCc1ccc(-c2cc(C(=O)N3CCN(c4ccccc4OC)CC3)c3cc(Cl)ccc3n2)s1. The lowest BCUT2D eigenvalue weighted by atomic mass is 10.0. The molecule has 1 aliphatic heterocycles. The van der Waals surface area contributed by atoms with Gasteiger partial charge < -0.3 is 14.5 Å². The first-order chi connectivity index (χ1) is 16.6. The molecule has 0 aliphatic carbocycles. The van der Waals surface area contributed by atoms with Crippen LogP contribution in [0.4, 0.5) is 5.69 Å². The second-order valence-corrected chi connectivity index (χ2v) is 9.89. The molecule has 1 fully saturated rings. The Morgan fingerprint density at radius 2 is 1.85 bits per heavy atom. The van der Waals surface area contributed by atoms with Crippen LogP contribution in [0, 0.1) is 0 Å². The number of aromatic nitrogens is 1. The number of halogens is 1. The predicted molar refractivity (Wildman–Crippen MR) is 141 cm³/mol. The highest BCUT2D eigenvalue weighted by Gasteiger charge is 2.26. The Morgan fingerprint density at radius 3 is 2.59 bits per heavy atom. The van der Waals surface area contributed by atoms with Crippen molar-refractivity contribution >= 4 is 45.4 Å². The molecule has 5 rings (SSSR count). The van der Waals surface area contributed by atoms with Crippen molar-refractivity contribution in [3.8, 4) is 16.3 Å². The van der Waals surface area contributed by atoms with Crippen LogP contribution in [0.1, 0.15) is 22.2 Å². The normalized spacial score (nSPS) is 14.0. The fourth-order valence-electron chi connectivity index (χ4n) is 4.42. The molecule has 0 saturated carbocycles. The van der Waals surface area contributed by atoms with Gasteiger partial charge in [-0.1, -0.05) is 30.7 Å². The minimum Gasteiger partial charge on any atom is -0.495 e. The summed E-state index contributed by atoms with van der Waals surface area (Å²) in [7, 11) is 1.69. The number of piperazine rings is 1. The van der Waals surface area contributed by atoms with Crippen molar-refractivity contribution in [3.63, 3.8) is 0 Å². The first-order valence-corrected chi connectivity index (χ1v) is 12.6. The fourth-order valence-corrected chi connectivity index (χ4v) is 5.50. The lowest BCUT2D eigenvalue weighted by molar-refractivity contribution is 0.0748. The standard InChI is InChI=1S/C27H26ClN3O2S/c1-3-19-9-11-26(34-19)23-17-21(20-16-18(28)8-10-22(20)29-23)27(32)31-14-12-30(13-15-31)24-6-4-5-7-25(24)33-2/h4-11,16-17H,3,12-15H2,1-2H3. The van der Waals surface area contributed by atoms with E-state index in [0.717, 1.165) is 52.4 Å². The number of hydrogen-bond acceptors (Lipinski definition) is 5. The Kier molecular flexibility index (Phi) is 6.44. The van der Waals surface area contributed by atoms with Crippen LogP contribution in [0.3, 0.4) is 0 Å². The van der Waals surface area contributed by atoms with Crippen molar-refractivity contribution in [1.29, 1.82) is 0 Å². The minimum atomic E-state index is 0.0165. The van der Waals surface area contributed by atoms with Crippen LogP contribution in [0.25, 0.3) is 21.5 Å². The third kappa shape index (κ3) is 4.36. The monoisotopic (exact) mass is 491 g/mol. The Labute approximate surface area is 208 Å². The van der Waals surface area contributed by atoms with Gasteiger partial charge in [-0.25, -0.2) is 4.98 Å². The Hall–Kier alpha value is -3.09. The maximum Gasteiger partial charge on any atom is 0.254 e. The van der Waals surface area contributed by atoms with E-state index in [0.29, 0.717) is 23.7 Å². The molecule has 1 amide bonds. The number of rotatable bonds is 5. The number of para-hydroxylation sites is 2. The number of hydrogen-bond donors (Lipinski definition) is 0. The largest absolute Gasteiger partial charge is 0.495 e. The second-order valence-electron chi connectivity index (χ2n) is 8.29. The lowest BCUT2D eigenvalue weighted by Crippen LogP contribution is -2.49. The average molecular weight is 492 g/mol. The molecule has 2 aromatic carbocycles. The van der Waals surface area contributed by atoms with Gasteiger partial charge in [0.05, 0.1) is 34.4 Å². The Balaban J connectivity index is 1.45. The van der Waals surface area contributed by atoms with Gasteiger partial charge in [-0.15, -0.1) is 11.3 Å². The van der Waals surface area contributed by atoms with Crippen molar-refractivity contribution in [1.82, 2.24) is 9.88 Å². The summed E-state index contributed by atoms with van der Waals surface area (Å²) in [6.45, 7) is 4.90. The molecule has 0 atom stereocenters. The average Bonchev–Trinajstić information content (AvgIpc) is 3.37. The fraction of sp³-hybridized carbons (Fsp3) is 0.259. The van der Waals surface area contributed by atoms with Crippen LogP contribution in [0.5, 0.6) is 5.75 Å². The zero-order valence-electron chi connectivity index (χ0n) is 19.3. The topological polar surface area (TPSA) is 45.7 Å². The molecular weight excluding hydrogens is 466 g/mol. The number of thiophene rings is 1. The van der Waals surface area contributed by atoms with Gasteiger partial charge in [-0.3, -0.25) is 4.79 Å². The van der Waals surface area contributed by atoms with Crippen LogP contribution in [-0.4, -0.2) is 49.1 Å². The first-order valence-electron chi connectivity index (χ1n) is 11.4. The van der Waals surface area contributed by atoms with Crippen molar-refractivity contribution in [2.75, 3.05) is 38.2 Å². The van der Waals surface area contributed by atoms with Gasteiger partial charge in [0.15, 0.2) is 0 Å². The molecule has 174 valence electrons. The van der Waals surface area contributed by atoms with E-state index in [1.54, 1.807) is 18.4 Å². The van der Waals surface area contributed by atoms with Crippen molar-refractivity contribution in [2.24, 2.45) is 0 Å². The zero-order valence-corrected chi connectivity index (χ0v) is 20.8. The van der Waals surface area contributed by atoms with E-state index in [2.05, 4.69) is 30.0 Å². The van der Waals surface area contributed by atoms with E-state index in [4.69, 9.17) is 21.3 Å². The smallest absolute Gasteiger partial charge is 0.254 e. The summed E-state index contributed by atoms with van der Waals surface area (Å²) in [6, 6.07) is 19.7. The Bertz CT molecular complexity index is 1340. The number of anilines is 1. The second kappa shape index (κ2) is 9.65. The number of methoxy groups -OCH3 is 1. The Morgan fingerprint density at radius 1 is 1.06 bits per heavy atom. The summed E-state index contributed by atoms with van der Waals surface area (Å²) < 4.78 is 5.53.